The van der Waals surface area contributed by atoms with E-state index in [2.05, 4.69) is 10.3 Å². The zero-order valence-corrected chi connectivity index (χ0v) is 13.7. The highest BCUT2D eigenvalue weighted by molar-refractivity contribution is 6.31. The second-order valence-corrected chi connectivity index (χ2v) is 6.65. The molecule has 6 heteroatoms. The van der Waals surface area contributed by atoms with Crippen molar-refractivity contribution in [2.75, 3.05) is 6.54 Å². The van der Waals surface area contributed by atoms with Crippen LogP contribution < -0.4 is 11.1 Å². The van der Waals surface area contributed by atoms with E-state index in [1.165, 1.54) is 10.9 Å². The van der Waals surface area contributed by atoms with Crippen LogP contribution in [0.1, 0.15) is 36.6 Å². The molecule has 118 valence electrons. The largest absolute Gasteiger partial charge is 0.369 e. The summed E-state index contributed by atoms with van der Waals surface area (Å²) in [6.45, 7) is 0.867. The van der Waals surface area contributed by atoms with E-state index in [-0.39, 0.29) is 24.4 Å². The number of H-pyrrole nitrogens is 1. The summed E-state index contributed by atoms with van der Waals surface area (Å²) in [4.78, 5) is 15.5. The first kappa shape index (κ1) is 15.7. The molecular weight excluding hydrogens is 321 g/mol. The van der Waals surface area contributed by atoms with E-state index >= 15 is 0 Å². The lowest BCUT2D eigenvalue weighted by molar-refractivity contribution is -0.135. The SMILES string of the molecule is Cl.NC(=O)C1(C2NCCc3c2[nH]c2ccc(Cl)cc32)CCC1. The molecule has 1 aliphatic heterocycles. The van der Waals surface area contributed by atoms with Gasteiger partial charge in [-0.15, -0.1) is 12.4 Å². The van der Waals surface area contributed by atoms with Gasteiger partial charge in [-0.25, -0.2) is 0 Å². The van der Waals surface area contributed by atoms with E-state index < -0.39 is 5.41 Å². The van der Waals surface area contributed by atoms with Gasteiger partial charge in [0.15, 0.2) is 0 Å². The van der Waals surface area contributed by atoms with Crippen molar-refractivity contribution in [3.8, 4) is 0 Å². The van der Waals surface area contributed by atoms with Gasteiger partial charge in [0.2, 0.25) is 5.91 Å². The van der Waals surface area contributed by atoms with Crippen LogP contribution in [0.5, 0.6) is 0 Å². The number of rotatable bonds is 2. The molecule has 0 bridgehead atoms. The van der Waals surface area contributed by atoms with Crippen LogP contribution >= 0.6 is 24.0 Å². The van der Waals surface area contributed by atoms with Crippen molar-refractivity contribution in [3.63, 3.8) is 0 Å². The molecule has 1 aromatic heterocycles. The summed E-state index contributed by atoms with van der Waals surface area (Å²) in [5, 5.41) is 5.42. The average Bonchev–Trinajstić information content (AvgIpc) is 2.76. The number of hydrogen-bond acceptors (Lipinski definition) is 2. The fourth-order valence-corrected chi connectivity index (χ4v) is 4.08. The zero-order chi connectivity index (χ0) is 14.6. The highest BCUT2D eigenvalue weighted by atomic mass is 35.5. The predicted molar refractivity (Wildman–Crippen MR) is 90.5 cm³/mol. The molecule has 1 aromatic carbocycles. The maximum Gasteiger partial charge on any atom is 0.225 e. The first-order chi connectivity index (χ1) is 10.1. The molecule has 2 aliphatic rings. The van der Waals surface area contributed by atoms with Crippen molar-refractivity contribution >= 4 is 40.8 Å². The Kier molecular flexibility index (Phi) is 3.87. The van der Waals surface area contributed by atoms with Crippen molar-refractivity contribution < 1.29 is 4.79 Å². The number of nitrogens with one attached hydrogen (secondary N) is 2. The number of carbonyl (C=O) groups excluding carboxylic acids is 1. The molecule has 2 aromatic rings. The maximum absolute atomic E-state index is 12.0. The lowest BCUT2D eigenvalue weighted by Gasteiger charge is -2.46. The number of primary amides is 1. The molecule has 1 fully saturated rings. The Morgan fingerprint density at radius 1 is 1.36 bits per heavy atom. The highest BCUT2D eigenvalue weighted by Gasteiger charge is 2.51. The first-order valence-electron chi connectivity index (χ1n) is 7.45. The smallest absolute Gasteiger partial charge is 0.225 e. The number of carbonyl (C=O) groups is 1. The minimum Gasteiger partial charge on any atom is -0.369 e. The minimum atomic E-state index is -0.431. The minimum absolute atomic E-state index is 0. The van der Waals surface area contributed by atoms with E-state index in [4.69, 9.17) is 17.3 Å². The Morgan fingerprint density at radius 2 is 2.14 bits per heavy atom. The van der Waals surface area contributed by atoms with Crippen LogP contribution in [0.25, 0.3) is 10.9 Å². The third-order valence-corrected chi connectivity index (χ3v) is 5.44. The Bertz CT molecular complexity index is 736. The van der Waals surface area contributed by atoms with Crippen LogP contribution in [-0.2, 0) is 11.2 Å². The standard InChI is InChI=1S/C16H18ClN3O.ClH/c17-9-2-3-12-11(8-9)10-4-7-19-14(13(10)20-12)16(15(18)21)5-1-6-16;/h2-3,8,14,19-20H,1,4-7H2,(H2,18,21);1H. The van der Waals surface area contributed by atoms with Crippen molar-refractivity contribution in [2.45, 2.75) is 31.7 Å². The number of aromatic nitrogens is 1. The molecule has 0 spiro atoms. The summed E-state index contributed by atoms with van der Waals surface area (Å²) < 4.78 is 0. The van der Waals surface area contributed by atoms with Crippen LogP contribution in [0.2, 0.25) is 5.02 Å². The van der Waals surface area contributed by atoms with Gasteiger partial charge in [0.1, 0.15) is 0 Å². The number of fused-ring (bicyclic) bond motifs is 3. The highest BCUT2D eigenvalue weighted by Crippen LogP contribution is 2.52. The number of hydrogen-bond donors (Lipinski definition) is 3. The quantitative estimate of drug-likeness (QED) is 0.786. The lowest BCUT2D eigenvalue weighted by Crippen LogP contribution is -2.53. The summed E-state index contributed by atoms with van der Waals surface area (Å²) in [7, 11) is 0. The molecule has 1 aliphatic carbocycles. The third kappa shape index (κ3) is 2.05. The van der Waals surface area contributed by atoms with Crippen molar-refractivity contribution in [1.29, 1.82) is 0 Å². The van der Waals surface area contributed by atoms with Crippen LogP contribution in [-0.4, -0.2) is 17.4 Å². The number of halogens is 2. The molecule has 4 N–H and O–H groups in total. The molecule has 1 atom stereocenters. The summed E-state index contributed by atoms with van der Waals surface area (Å²) in [5.41, 5.74) is 8.78. The molecule has 22 heavy (non-hydrogen) atoms. The fraction of sp³-hybridized carbons (Fsp3) is 0.438. The van der Waals surface area contributed by atoms with E-state index in [0.29, 0.717) is 0 Å². The summed E-state index contributed by atoms with van der Waals surface area (Å²) in [6.07, 6.45) is 3.76. The van der Waals surface area contributed by atoms with Crippen LogP contribution in [0, 0.1) is 5.41 Å². The summed E-state index contributed by atoms with van der Waals surface area (Å²) in [6, 6.07) is 5.90. The Hall–Kier alpha value is -1.23. The molecule has 0 radical (unpaired) electrons. The topological polar surface area (TPSA) is 70.9 Å². The van der Waals surface area contributed by atoms with Crippen LogP contribution in [0.15, 0.2) is 18.2 Å². The van der Waals surface area contributed by atoms with Gasteiger partial charge in [-0.2, -0.15) is 0 Å². The number of nitrogens with two attached hydrogens (primary N) is 1. The van der Waals surface area contributed by atoms with Gasteiger partial charge in [-0.05, 0) is 49.6 Å². The first-order valence-corrected chi connectivity index (χ1v) is 7.83. The molecular formula is C16H19Cl2N3O. The van der Waals surface area contributed by atoms with Gasteiger partial charge < -0.3 is 16.0 Å². The number of amides is 1. The Labute approximate surface area is 140 Å². The van der Waals surface area contributed by atoms with Gasteiger partial charge in [0.25, 0.3) is 0 Å². The molecule has 1 amide bonds. The van der Waals surface area contributed by atoms with Crippen molar-refractivity contribution in [3.05, 3.63) is 34.5 Å². The van der Waals surface area contributed by atoms with Gasteiger partial charge >= 0.3 is 0 Å². The zero-order valence-electron chi connectivity index (χ0n) is 12.1. The van der Waals surface area contributed by atoms with Crippen molar-refractivity contribution in [1.82, 2.24) is 10.3 Å². The molecule has 4 nitrogen and oxygen atoms in total. The van der Waals surface area contributed by atoms with Crippen LogP contribution in [0.3, 0.4) is 0 Å². The van der Waals surface area contributed by atoms with E-state index in [1.54, 1.807) is 0 Å². The van der Waals surface area contributed by atoms with Gasteiger partial charge in [0, 0.05) is 21.6 Å². The Balaban J connectivity index is 0.00000144. The number of aromatic amines is 1. The van der Waals surface area contributed by atoms with Crippen LogP contribution in [0.4, 0.5) is 0 Å². The van der Waals surface area contributed by atoms with Gasteiger partial charge in [0.05, 0.1) is 11.5 Å². The molecule has 2 heterocycles. The molecule has 0 saturated heterocycles. The predicted octanol–water partition coefficient (Wildman–Crippen LogP) is 3.09. The molecule has 4 rings (SSSR count). The van der Waals surface area contributed by atoms with E-state index in [1.807, 2.05) is 18.2 Å². The maximum atomic E-state index is 12.0. The summed E-state index contributed by atoms with van der Waals surface area (Å²) in [5.74, 6) is -0.184. The molecule has 1 saturated carbocycles. The molecule has 1 unspecified atom stereocenters. The monoisotopic (exact) mass is 339 g/mol. The third-order valence-electron chi connectivity index (χ3n) is 5.20. The average molecular weight is 340 g/mol. The summed E-state index contributed by atoms with van der Waals surface area (Å²) >= 11 is 6.13. The second-order valence-electron chi connectivity index (χ2n) is 6.22. The number of benzene rings is 1. The normalized spacial score (nSPS) is 22.5. The Morgan fingerprint density at radius 3 is 2.77 bits per heavy atom. The van der Waals surface area contributed by atoms with E-state index in [9.17, 15) is 4.79 Å². The fourth-order valence-electron chi connectivity index (χ4n) is 3.91. The van der Waals surface area contributed by atoms with Crippen molar-refractivity contribution in [2.24, 2.45) is 11.1 Å². The van der Waals surface area contributed by atoms with Gasteiger partial charge in [-0.1, -0.05) is 18.0 Å². The lowest BCUT2D eigenvalue weighted by atomic mass is 9.61. The van der Waals surface area contributed by atoms with Gasteiger partial charge in [-0.3, -0.25) is 4.79 Å². The second kappa shape index (κ2) is 5.44. The van der Waals surface area contributed by atoms with E-state index in [0.717, 1.165) is 48.5 Å².